The maximum Gasteiger partial charge on any atom is 0.0496 e. The molecule has 0 aliphatic heterocycles. The number of hydrogen-bond acceptors (Lipinski definition) is 1. The zero-order valence-corrected chi connectivity index (χ0v) is 19.1. The highest BCUT2D eigenvalue weighted by molar-refractivity contribution is 7.26. The number of benzene rings is 5. The third-order valence-electron chi connectivity index (χ3n) is 6.82. The van der Waals surface area contributed by atoms with Crippen LogP contribution >= 0.6 is 11.3 Å². The van der Waals surface area contributed by atoms with Gasteiger partial charge in [-0.1, -0.05) is 72.8 Å². The van der Waals surface area contributed by atoms with Crippen LogP contribution in [0.3, 0.4) is 0 Å². The molecule has 156 valence electrons. The van der Waals surface area contributed by atoms with Gasteiger partial charge < -0.3 is 4.57 Å². The molecule has 0 aliphatic rings. The van der Waals surface area contributed by atoms with E-state index in [1.54, 1.807) is 0 Å². The normalized spacial score (nSPS) is 11.8. The van der Waals surface area contributed by atoms with Crippen LogP contribution in [-0.4, -0.2) is 4.57 Å². The Hall–Kier alpha value is -3.88. The van der Waals surface area contributed by atoms with Gasteiger partial charge in [0.05, 0.1) is 0 Å². The lowest BCUT2D eigenvalue weighted by Crippen LogP contribution is -1.86. The zero-order chi connectivity index (χ0) is 21.9. The van der Waals surface area contributed by atoms with Gasteiger partial charge in [-0.05, 0) is 58.7 Å². The Kier molecular flexibility index (Phi) is 3.99. The lowest BCUT2D eigenvalue weighted by molar-refractivity contribution is 1.01. The summed E-state index contributed by atoms with van der Waals surface area (Å²) in [6.45, 7) is 0. The van der Waals surface area contributed by atoms with E-state index in [2.05, 4.69) is 121 Å². The highest BCUT2D eigenvalue weighted by Crippen LogP contribution is 2.43. The summed E-state index contributed by atoms with van der Waals surface area (Å²) in [5, 5.41) is 5.41. The minimum absolute atomic E-state index is 1.25. The summed E-state index contributed by atoms with van der Waals surface area (Å²) in [5.74, 6) is 0. The molecule has 2 aromatic heterocycles. The van der Waals surface area contributed by atoms with Gasteiger partial charge in [0, 0.05) is 49.0 Å². The van der Waals surface area contributed by atoms with Crippen molar-refractivity contribution in [2.24, 2.45) is 7.05 Å². The van der Waals surface area contributed by atoms with E-state index >= 15 is 0 Å². The highest BCUT2D eigenvalue weighted by Gasteiger charge is 2.16. The Morgan fingerprint density at radius 1 is 0.485 bits per heavy atom. The fourth-order valence-electron chi connectivity index (χ4n) is 5.19. The second kappa shape index (κ2) is 7.06. The summed E-state index contributed by atoms with van der Waals surface area (Å²) in [6.07, 6.45) is 0. The first kappa shape index (κ1) is 18.7. The lowest BCUT2D eigenvalue weighted by Gasteiger charge is -2.04. The van der Waals surface area contributed by atoms with E-state index in [0.717, 1.165) is 0 Å². The Bertz CT molecular complexity index is 1800. The van der Waals surface area contributed by atoms with Crippen molar-refractivity contribution in [2.75, 3.05) is 0 Å². The maximum atomic E-state index is 2.38. The smallest absolute Gasteiger partial charge is 0.0496 e. The van der Waals surface area contributed by atoms with E-state index in [0.29, 0.717) is 0 Å². The van der Waals surface area contributed by atoms with Crippen molar-refractivity contribution in [3.05, 3.63) is 109 Å². The average molecular weight is 440 g/mol. The summed E-state index contributed by atoms with van der Waals surface area (Å²) >= 11 is 1.89. The number of fused-ring (bicyclic) bond motifs is 7. The molecule has 33 heavy (non-hydrogen) atoms. The monoisotopic (exact) mass is 439 g/mol. The van der Waals surface area contributed by atoms with Gasteiger partial charge >= 0.3 is 0 Å². The van der Waals surface area contributed by atoms with Crippen LogP contribution in [0, 0.1) is 0 Å². The zero-order valence-electron chi connectivity index (χ0n) is 18.2. The van der Waals surface area contributed by atoms with E-state index in [1.165, 1.54) is 64.2 Å². The molecule has 0 bridgehead atoms. The largest absolute Gasteiger partial charge is 0.344 e. The quantitative estimate of drug-likeness (QED) is 0.253. The molecule has 2 heteroatoms. The summed E-state index contributed by atoms with van der Waals surface area (Å²) in [7, 11) is 2.18. The fraction of sp³-hybridized carbons (Fsp3) is 0.0323. The van der Waals surface area contributed by atoms with Crippen LogP contribution in [-0.2, 0) is 7.05 Å². The predicted octanol–water partition coefficient (Wildman–Crippen LogP) is 9.03. The topological polar surface area (TPSA) is 4.93 Å². The van der Waals surface area contributed by atoms with Crippen LogP contribution in [0.1, 0.15) is 0 Å². The second-order valence-electron chi connectivity index (χ2n) is 8.67. The fourth-order valence-corrected chi connectivity index (χ4v) is 6.28. The molecule has 5 aromatic carbocycles. The van der Waals surface area contributed by atoms with Crippen LogP contribution in [0.5, 0.6) is 0 Å². The van der Waals surface area contributed by atoms with Crippen molar-refractivity contribution < 1.29 is 0 Å². The van der Waals surface area contributed by atoms with Crippen molar-refractivity contribution >= 4 is 53.3 Å². The molecule has 0 amide bonds. The average Bonchev–Trinajstić information content (AvgIpc) is 3.39. The number of hydrogen-bond donors (Lipinski definition) is 0. The van der Waals surface area contributed by atoms with Crippen LogP contribution in [0.2, 0.25) is 0 Å². The summed E-state index contributed by atoms with van der Waals surface area (Å²) < 4.78 is 5.03. The van der Waals surface area contributed by atoms with E-state index < -0.39 is 0 Å². The molecule has 7 rings (SSSR count). The Balaban J connectivity index is 1.60. The molecule has 7 aromatic rings. The molecule has 0 N–H and O–H groups in total. The molecular weight excluding hydrogens is 418 g/mol. The minimum atomic E-state index is 1.25. The third-order valence-corrected chi connectivity index (χ3v) is 7.95. The first-order valence-corrected chi connectivity index (χ1v) is 12.1. The molecular formula is C31H21NS. The molecule has 0 saturated heterocycles. The van der Waals surface area contributed by atoms with Gasteiger partial charge in [-0.15, -0.1) is 11.3 Å². The maximum absolute atomic E-state index is 2.38. The molecule has 0 unspecified atom stereocenters. The highest BCUT2D eigenvalue weighted by atomic mass is 32.1. The summed E-state index contributed by atoms with van der Waals surface area (Å²) in [5.41, 5.74) is 7.60. The van der Waals surface area contributed by atoms with Gasteiger partial charge in [0.1, 0.15) is 0 Å². The molecule has 0 spiro atoms. The Morgan fingerprint density at radius 3 is 1.76 bits per heavy atom. The molecule has 1 nitrogen and oxygen atoms in total. The number of aryl methyl sites for hydroxylation is 1. The number of rotatable bonds is 2. The van der Waals surface area contributed by atoms with Crippen molar-refractivity contribution in [2.45, 2.75) is 0 Å². The van der Waals surface area contributed by atoms with Gasteiger partial charge in [-0.2, -0.15) is 0 Å². The molecule has 0 fully saturated rings. The Labute approximate surface area is 196 Å². The van der Waals surface area contributed by atoms with E-state index in [1.807, 2.05) is 11.3 Å². The van der Waals surface area contributed by atoms with Crippen LogP contribution in [0.4, 0.5) is 0 Å². The number of nitrogens with zero attached hydrogens (tertiary/aromatic N) is 1. The second-order valence-corrected chi connectivity index (χ2v) is 9.75. The summed E-state index contributed by atoms with van der Waals surface area (Å²) in [4.78, 5) is 0. The SMILES string of the molecule is Cn1c2ccc(-c3ccccc3)cc2c2c3c(ccc21)sc1ccc(-c2ccccc2)cc13. The lowest BCUT2D eigenvalue weighted by atomic mass is 9.99. The first-order valence-electron chi connectivity index (χ1n) is 11.3. The first-order chi connectivity index (χ1) is 16.3. The summed E-state index contributed by atoms with van der Waals surface area (Å²) in [6, 6.07) is 39.7. The molecule has 0 radical (unpaired) electrons. The van der Waals surface area contributed by atoms with E-state index in [9.17, 15) is 0 Å². The van der Waals surface area contributed by atoms with E-state index in [4.69, 9.17) is 0 Å². The molecule has 0 aliphatic carbocycles. The van der Waals surface area contributed by atoms with Crippen LogP contribution in [0.25, 0.3) is 64.2 Å². The van der Waals surface area contributed by atoms with E-state index in [-0.39, 0.29) is 0 Å². The molecule has 0 saturated carbocycles. The van der Waals surface area contributed by atoms with Crippen molar-refractivity contribution in [1.29, 1.82) is 0 Å². The third kappa shape index (κ3) is 2.78. The molecule has 2 heterocycles. The van der Waals surface area contributed by atoms with Gasteiger partial charge in [0.2, 0.25) is 0 Å². The number of thiophene rings is 1. The van der Waals surface area contributed by atoms with Crippen LogP contribution in [0.15, 0.2) is 109 Å². The van der Waals surface area contributed by atoms with Gasteiger partial charge in [0.25, 0.3) is 0 Å². The molecule has 0 atom stereocenters. The van der Waals surface area contributed by atoms with Crippen molar-refractivity contribution in [3.8, 4) is 22.3 Å². The van der Waals surface area contributed by atoms with Crippen molar-refractivity contribution in [1.82, 2.24) is 4.57 Å². The predicted molar refractivity (Wildman–Crippen MR) is 144 cm³/mol. The van der Waals surface area contributed by atoms with Crippen LogP contribution < -0.4 is 0 Å². The Morgan fingerprint density at radius 2 is 1.06 bits per heavy atom. The van der Waals surface area contributed by atoms with Gasteiger partial charge in [0.15, 0.2) is 0 Å². The van der Waals surface area contributed by atoms with Gasteiger partial charge in [-0.25, -0.2) is 0 Å². The minimum Gasteiger partial charge on any atom is -0.344 e. The van der Waals surface area contributed by atoms with Crippen molar-refractivity contribution in [3.63, 3.8) is 0 Å². The standard InChI is InChI=1S/C31H21NS/c1-32-26-14-12-22(20-8-4-2-5-9-20)18-24(26)30-27(32)15-17-29-31(30)25-19-23(13-16-28(25)33-29)21-10-6-3-7-11-21/h2-19H,1H3. The van der Waals surface area contributed by atoms with Gasteiger partial charge in [-0.3, -0.25) is 0 Å². The number of aromatic nitrogens is 1.